The van der Waals surface area contributed by atoms with E-state index < -0.39 is 29.7 Å². The Balaban J connectivity index is 1.41. The predicted octanol–water partition coefficient (Wildman–Crippen LogP) is 5.47. The minimum Gasteiger partial charge on any atom is -0.348 e. The number of hydrogen-bond donors (Lipinski definition) is 1. The zero-order chi connectivity index (χ0) is 24.7. The first-order valence-corrected chi connectivity index (χ1v) is 11.2. The molecule has 35 heavy (non-hydrogen) atoms. The fourth-order valence-corrected chi connectivity index (χ4v) is 4.62. The molecule has 0 bridgehead atoms. The number of allylic oxidation sites excluding steroid dienone is 1. The van der Waals surface area contributed by atoms with E-state index in [1.54, 1.807) is 30.5 Å². The molecule has 176 valence electrons. The number of halogens is 3. The van der Waals surface area contributed by atoms with Gasteiger partial charge in [-0.1, -0.05) is 30.3 Å². The number of aliphatic imine (C=N–C) groups is 1. The number of nitrogens with zero attached hydrogens (tertiary/aromatic N) is 1. The van der Waals surface area contributed by atoms with E-state index in [1.807, 2.05) is 6.92 Å². The molecule has 0 aromatic heterocycles. The summed E-state index contributed by atoms with van der Waals surface area (Å²) in [4.78, 5) is 29.4. The average molecular weight is 474 g/mol. The largest absolute Gasteiger partial charge is 0.348 e. The van der Waals surface area contributed by atoms with Gasteiger partial charge in [0, 0.05) is 48.7 Å². The molecule has 2 heterocycles. The summed E-state index contributed by atoms with van der Waals surface area (Å²) in [5.74, 6) is -2.75. The number of benzene rings is 3. The second-order valence-corrected chi connectivity index (χ2v) is 8.83. The molecule has 0 unspecified atom stereocenters. The fraction of sp³-hybridized carbons (Fsp3) is 0.179. The molecule has 5 rings (SSSR count). The number of ketones is 1. The summed E-state index contributed by atoms with van der Waals surface area (Å²) in [6.07, 6.45) is 1.87. The smallest absolute Gasteiger partial charge is 0.252 e. The minimum absolute atomic E-state index is 0.158. The summed E-state index contributed by atoms with van der Waals surface area (Å²) < 4.78 is 42.9. The van der Waals surface area contributed by atoms with Gasteiger partial charge in [0.2, 0.25) is 0 Å². The van der Waals surface area contributed by atoms with Gasteiger partial charge in [0.25, 0.3) is 5.91 Å². The van der Waals surface area contributed by atoms with Gasteiger partial charge in [-0.05, 0) is 47.4 Å². The summed E-state index contributed by atoms with van der Waals surface area (Å²) in [6.45, 7) is 2.25. The number of nitrogens with one attached hydrogen (secondary N) is 1. The molecule has 0 spiro atoms. The van der Waals surface area contributed by atoms with Crippen LogP contribution in [-0.4, -0.2) is 17.4 Å². The Labute approximate surface area is 200 Å². The van der Waals surface area contributed by atoms with Crippen molar-refractivity contribution >= 4 is 17.4 Å². The lowest BCUT2D eigenvalue weighted by atomic mass is 9.90. The Bertz CT molecular complexity index is 1440. The van der Waals surface area contributed by atoms with Crippen LogP contribution in [0.2, 0.25) is 0 Å². The molecular formula is C28H21F3N2O2. The third kappa shape index (κ3) is 4.30. The lowest BCUT2D eigenvalue weighted by Crippen LogP contribution is -2.15. The molecule has 4 nitrogen and oxygen atoms in total. The van der Waals surface area contributed by atoms with Crippen LogP contribution in [0.1, 0.15) is 46.0 Å². The van der Waals surface area contributed by atoms with E-state index in [-0.39, 0.29) is 24.4 Å². The van der Waals surface area contributed by atoms with Crippen LogP contribution in [-0.2, 0) is 24.2 Å². The summed E-state index contributed by atoms with van der Waals surface area (Å²) in [5.41, 5.74) is 4.88. The van der Waals surface area contributed by atoms with Crippen molar-refractivity contribution in [1.82, 2.24) is 5.32 Å². The quantitative estimate of drug-likeness (QED) is 0.516. The van der Waals surface area contributed by atoms with Crippen LogP contribution in [0.3, 0.4) is 0 Å². The zero-order valence-electron chi connectivity index (χ0n) is 18.9. The third-order valence-corrected chi connectivity index (χ3v) is 6.32. The van der Waals surface area contributed by atoms with Gasteiger partial charge < -0.3 is 5.32 Å². The van der Waals surface area contributed by atoms with Crippen molar-refractivity contribution in [3.63, 3.8) is 0 Å². The molecule has 7 heteroatoms. The molecule has 1 amide bonds. The number of fused-ring (bicyclic) bond motifs is 1. The second-order valence-electron chi connectivity index (χ2n) is 8.83. The fourth-order valence-electron chi connectivity index (χ4n) is 4.62. The predicted molar refractivity (Wildman–Crippen MR) is 127 cm³/mol. The van der Waals surface area contributed by atoms with Crippen molar-refractivity contribution in [1.29, 1.82) is 0 Å². The van der Waals surface area contributed by atoms with Gasteiger partial charge in [-0.2, -0.15) is 0 Å². The van der Waals surface area contributed by atoms with E-state index in [0.29, 0.717) is 34.2 Å². The van der Waals surface area contributed by atoms with Crippen LogP contribution >= 0.6 is 0 Å². The van der Waals surface area contributed by atoms with E-state index >= 15 is 4.39 Å². The minimum atomic E-state index is -0.783. The van der Waals surface area contributed by atoms with Gasteiger partial charge in [-0.15, -0.1) is 0 Å². The third-order valence-electron chi connectivity index (χ3n) is 6.32. The highest BCUT2D eigenvalue weighted by atomic mass is 19.1. The topological polar surface area (TPSA) is 58.5 Å². The van der Waals surface area contributed by atoms with Crippen molar-refractivity contribution in [2.24, 2.45) is 4.99 Å². The molecule has 0 saturated carbocycles. The average Bonchev–Trinajstić information content (AvgIpc) is 3.42. The molecule has 0 radical (unpaired) electrons. The highest BCUT2D eigenvalue weighted by Gasteiger charge is 2.29. The maximum absolute atomic E-state index is 15.2. The lowest BCUT2D eigenvalue weighted by Gasteiger charge is -2.13. The van der Waals surface area contributed by atoms with Gasteiger partial charge in [0.1, 0.15) is 23.2 Å². The lowest BCUT2D eigenvalue weighted by molar-refractivity contribution is -0.117. The Hall–Kier alpha value is -4.00. The molecule has 3 aromatic carbocycles. The first kappa shape index (κ1) is 22.8. The van der Waals surface area contributed by atoms with Gasteiger partial charge in [-0.25, -0.2) is 13.2 Å². The van der Waals surface area contributed by atoms with Crippen LogP contribution in [0, 0.1) is 17.5 Å². The van der Waals surface area contributed by atoms with Crippen LogP contribution in [0.4, 0.5) is 13.2 Å². The van der Waals surface area contributed by atoms with Crippen LogP contribution < -0.4 is 5.32 Å². The first-order chi connectivity index (χ1) is 16.8. The van der Waals surface area contributed by atoms with Gasteiger partial charge in [0.05, 0.1) is 11.3 Å². The maximum Gasteiger partial charge on any atom is 0.252 e. The van der Waals surface area contributed by atoms with Crippen molar-refractivity contribution in [3.05, 3.63) is 106 Å². The normalized spacial score (nSPS) is 14.5. The number of Topliss-reactive ketones (excluding diaryl/α,β-unsaturated/α-hetero) is 1. The van der Waals surface area contributed by atoms with E-state index in [2.05, 4.69) is 10.3 Å². The number of rotatable bonds is 6. The molecule has 0 aliphatic carbocycles. The Morgan fingerprint density at radius 3 is 2.34 bits per heavy atom. The van der Waals surface area contributed by atoms with Crippen molar-refractivity contribution in [2.75, 3.05) is 0 Å². The molecule has 0 fully saturated rings. The van der Waals surface area contributed by atoms with Gasteiger partial charge in [0.15, 0.2) is 0 Å². The van der Waals surface area contributed by atoms with Gasteiger partial charge >= 0.3 is 0 Å². The summed E-state index contributed by atoms with van der Waals surface area (Å²) in [6, 6.07) is 11.5. The molecule has 1 N–H and O–H groups in total. The molecule has 2 aliphatic rings. The highest BCUT2D eigenvalue weighted by molar-refractivity contribution is 6.14. The number of hydrogen-bond acceptors (Lipinski definition) is 3. The standard InChI is InChI=1S/C28H21F3N2O2/c1-15-9-26(32-13-15)20-8-7-18(22-14-33-28(35)27(20)22)19-6-5-16(11-25(19)31)10-17(34)12-21-23(29)3-2-4-24(21)30/h2-8,11,13H,9-10,12,14H2,1H3,(H,33,35). The Morgan fingerprint density at radius 1 is 0.943 bits per heavy atom. The zero-order valence-corrected chi connectivity index (χ0v) is 18.9. The van der Waals surface area contributed by atoms with E-state index in [1.165, 1.54) is 12.1 Å². The molecular weight excluding hydrogens is 453 g/mol. The first-order valence-electron chi connectivity index (χ1n) is 11.2. The molecule has 0 atom stereocenters. The van der Waals surface area contributed by atoms with Gasteiger partial charge in [-0.3, -0.25) is 14.6 Å². The SMILES string of the molecule is CC1=CN=C(c2ccc(-c3ccc(CC(=O)Cc4c(F)cccc4F)cc3F)c3c2C(=O)NC3)C1. The van der Waals surface area contributed by atoms with E-state index in [9.17, 15) is 18.4 Å². The summed E-state index contributed by atoms with van der Waals surface area (Å²) >= 11 is 0. The molecule has 3 aromatic rings. The maximum atomic E-state index is 15.2. The van der Waals surface area contributed by atoms with Crippen molar-refractivity contribution in [3.8, 4) is 11.1 Å². The Kier molecular flexibility index (Phi) is 5.84. The molecule has 0 saturated heterocycles. The summed E-state index contributed by atoms with van der Waals surface area (Å²) in [7, 11) is 0. The van der Waals surface area contributed by atoms with Crippen LogP contribution in [0.15, 0.2) is 65.3 Å². The van der Waals surface area contributed by atoms with Crippen LogP contribution in [0.5, 0.6) is 0 Å². The number of amides is 1. The number of carbonyl (C=O) groups excluding carboxylic acids is 2. The summed E-state index contributed by atoms with van der Waals surface area (Å²) in [5, 5.41) is 2.82. The van der Waals surface area contributed by atoms with E-state index in [0.717, 1.165) is 29.0 Å². The monoisotopic (exact) mass is 474 g/mol. The highest BCUT2D eigenvalue weighted by Crippen LogP contribution is 2.35. The van der Waals surface area contributed by atoms with Crippen LogP contribution in [0.25, 0.3) is 11.1 Å². The second kappa shape index (κ2) is 8.98. The van der Waals surface area contributed by atoms with Crippen molar-refractivity contribution < 1.29 is 22.8 Å². The Morgan fingerprint density at radius 2 is 1.66 bits per heavy atom. The van der Waals surface area contributed by atoms with E-state index in [4.69, 9.17) is 0 Å². The van der Waals surface area contributed by atoms with Crippen molar-refractivity contribution in [2.45, 2.75) is 32.7 Å². The number of carbonyl (C=O) groups is 2. The molecule has 2 aliphatic heterocycles.